The van der Waals surface area contributed by atoms with Crippen molar-refractivity contribution in [2.45, 2.75) is 38.2 Å². The molecule has 0 unspecified atom stereocenters. The van der Waals surface area contributed by atoms with Crippen molar-refractivity contribution in [1.29, 1.82) is 0 Å². The summed E-state index contributed by atoms with van der Waals surface area (Å²) in [5.74, 6) is 0.560. The maximum Gasteiger partial charge on any atom is 0.228 e. The summed E-state index contributed by atoms with van der Waals surface area (Å²) in [7, 11) is 1.59. The predicted molar refractivity (Wildman–Crippen MR) is 98.0 cm³/mol. The van der Waals surface area contributed by atoms with E-state index in [1.807, 2.05) is 0 Å². The van der Waals surface area contributed by atoms with Crippen LogP contribution in [-0.4, -0.2) is 29.3 Å². The Hall–Kier alpha value is -2.89. The zero-order valence-corrected chi connectivity index (χ0v) is 14.7. The topological polar surface area (TPSA) is 88.0 Å². The molecular formula is C20H23NO5. The summed E-state index contributed by atoms with van der Waals surface area (Å²) in [6.45, 7) is 0. The van der Waals surface area contributed by atoms with E-state index in [0.717, 1.165) is 18.4 Å². The third-order valence-corrected chi connectivity index (χ3v) is 4.47. The van der Waals surface area contributed by atoms with E-state index in [2.05, 4.69) is 5.32 Å². The third kappa shape index (κ3) is 4.20. The summed E-state index contributed by atoms with van der Waals surface area (Å²) in [6.07, 6.45) is 4.66. The van der Waals surface area contributed by atoms with E-state index < -0.39 is 0 Å². The summed E-state index contributed by atoms with van der Waals surface area (Å²) in [5.41, 5.74) is 0.764. The smallest absolute Gasteiger partial charge is 0.228 e. The molecule has 26 heavy (non-hydrogen) atoms. The summed E-state index contributed by atoms with van der Waals surface area (Å²) in [6, 6.07) is 9.68. The van der Waals surface area contributed by atoms with Gasteiger partial charge >= 0.3 is 0 Å². The Kier molecular flexibility index (Phi) is 5.51. The molecule has 1 aliphatic carbocycles. The largest absolute Gasteiger partial charge is 0.506 e. The second kappa shape index (κ2) is 7.99. The van der Waals surface area contributed by atoms with Crippen LogP contribution in [0.25, 0.3) is 0 Å². The van der Waals surface area contributed by atoms with Crippen LogP contribution in [0.4, 0.5) is 5.69 Å². The number of phenolic OH excluding ortho intramolecular Hbond substituents is 2. The number of methoxy groups -OCH3 is 1. The number of aromatic hydroxyl groups is 2. The van der Waals surface area contributed by atoms with E-state index in [1.165, 1.54) is 31.0 Å². The average molecular weight is 357 g/mol. The maximum absolute atomic E-state index is 12.3. The molecule has 2 aromatic carbocycles. The van der Waals surface area contributed by atoms with E-state index >= 15 is 0 Å². The normalized spacial score (nSPS) is 14.2. The number of hydrogen-bond acceptors (Lipinski definition) is 5. The fourth-order valence-corrected chi connectivity index (χ4v) is 3.13. The fraction of sp³-hybridized carbons (Fsp3) is 0.350. The van der Waals surface area contributed by atoms with Gasteiger partial charge in [-0.25, -0.2) is 0 Å². The Bertz CT molecular complexity index is 764. The number of ether oxygens (including phenoxy) is 2. The molecule has 0 spiro atoms. The number of para-hydroxylation sites is 1. The van der Waals surface area contributed by atoms with Gasteiger partial charge in [-0.1, -0.05) is 12.1 Å². The summed E-state index contributed by atoms with van der Waals surface area (Å²) < 4.78 is 11.4. The molecular weight excluding hydrogens is 334 g/mol. The first-order chi connectivity index (χ1) is 12.6. The van der Waals surface area contributed by atoms with Crippen LogP contribution in [0.2, 0.25) is 0 Å². The van der Waals surface area contributed by atoms with E-state index in [9.17, 15) is 15.0 Å². The minimum absolute atomic E-state index is 0.00782. The lowest BCUT2D eigenvalue weighted by atomic mass is 10.1. The van der Waals surface area contributed by atoms with Crippen molar-refractivity contribution in [2.24, 2.45) is 0 Å². The van der Waals surface area contributed by atoms with Crippen molar-refractivity contribution < 1.29 is 24.5 Å². The van der Waals surface area contributed by atoms with Crippen LogP contribution < -0.4 is 14.8 Å². The van der Waals surface area contributed by atoms with Gasteiger partial charge in [-0.2, -0.15) is 0 Å². The van der Waals surface area contributed by atoms with Crippen LogP contribution in [0.3, 0.4) is 0 Å². The quantitative estimate of drug-likeness (QED) is 0.688. The van der Waals surface area contributed by atoms with Gasteiger partial charge in [0.05, 0.1) is 19.6 Å². The van der Waals surface area contributed by atoms with Crippen molar-refractivity contribution in [3.05, 3.63) is 42.0 Å². The molecule has 3 rings (SSSR count). The predicted octanol–water partition coefficient (Wildman–Crippen LogP) is 3.61. The van der Waals surface area contributed by atoms with Gasteiger partial charge in [-0.15, -0.1) is 0 Å². The Balaban J connectivity index is 1.71. The van der Waals surface area contributed by atoms with Crippen LogP contribution in [-0.2, 0) is 11.2 Å². The Morgan fingerprint density at radius 3 is 2.46 bits per heavy atom. The number of benzene rings is 2. The number of nitrogens with one attached hydrogen (secondary N) is 1. The second-order valence-corrected chi connectivity index (χ2v) is 6.41. The molecule has 0 saturated heterocycles. The highest BCUT2D eigenvalue weighted by Crippen LogP contribution is 2.34. The van der Waals surface area contributed by atoms with Gasteiger partial charge in [-0.3, -0.25) is 4.79 Å². The number of phenols is 2. The van der Waals surface area contributed by atoms with Crippen LogP contribution >= 0.6 is 0 Å². The van der Waals surface area contributed by atoms with Crippen LogP contribution in [0.5, 0.6) is 23.0 Å². The van der Waals surface area contributed by atoms with Crippen molar-refractivity contribution in [3.8, 4) is 23.0 Å². The number of carbonyl (C=O) groups excluding carboxylic acids is 1. The molecule has 1 saturated carbocycles. The molecule has 1 aliphatic rings. The highest BCUT2D eigenvalue weighted by atomic mass is 16.5. The number of hydrogen-bond donors (Lipinski definition) is 3. The zero-order chi connectivity index (χ0) is 18.5. The van der Waals surface area contributed by atoms with Gasteiger partial charge in [0, 0.05) is 0 Å². The molecule has 1 fully saturated rings. The lowest BCUT2D eigenvalue weighted by Gasteiger charge is -2.17. The SMILES string of the molecule is COc1ccc(CC(=O)Nc2c(O)cccc2O)cc1OC1CCCC1. The number of rotatable bonds is 6. The summed E-state index contributed by atoms with van der Waals surface area (Å²) in [5, 5.41) is 22.1. The maximum atomic E-state index is 12.3. The van der Waals surface area contributed by atoms with Gasteiger partial charge in [0.15, 0.2) is 11.5 Å². The molecule has 0 aromatic heterocycles. The Morgan fingerprint density at radius 1 is 1.12 bits per heavy atom. The van der Waals surface area contributed by atoms with Gasteiger partial charge in [0.25, 0.3) is 0 Å². The van der Waals surface area contributed by atoms with E-state index in [1.54, 1.807) is 25.3 Å². The van der Waals surface area contributed by atoms with Crippen molar-refractivity contribution >= 4 is 11.6 Å². The lowest BCUT2D eigenvalue weighted by molar-refractivity contribution is -0.115. The molecule has 0 aliphatic heterocycles. The Morgan fingerprint density at radius 2 is 1.81 bits per heavy atom. The zero-order valence-electron chi connectivity index (χ0n) is 14.7. The molecule has 3 N–H and O–H groups in total. The first kappa shape index (κ1) is 17.9. The van der Waals surface area contributed by atoms with Crippen molar-refractivity contribution in [1.82, 2.24) is 0 Å². The van der Waals surface area contributed by atoms with Crippen molar-refractivity contribution in [2.75, 3.05) is 12.4 Å². The van der Waals surface area contributed by atoms with Gasteiger partial charge < -0.3 is 25.0 Å². The Labute approximate surface area is 152 Å². The van der Waals surface area contributed by atoms with Crippen molar-refractivity contribution in [3.63, 3.8) is 0 Å². The number of carbonyl (C=O) groups is 1. The standard InChI is InChI=1S/C20H23NO5/c1-25-17-10-9-13(11-18(17)26-14-5-2-3-6-14)12-19(24)21-20-15(22)7-4-8-16(20)23/h4,7-11,14,22-23H,2-3,5-6,12H2,1H3,(H,21,24). The van der Waals surface area contributed by atoms with Gasteiger partial charge in [0.2, 0.25) is 5.91 Å². The first-order valence-electron chi connectivity index (χ1n) is 8.71. The molecule has 0 heterocycles. The van der Waals surface area contributed by atoms with Gasteiger partial charge in [0.1, 0.15) is 17.2 Å². The molecule has 1 amide bonds. The molecule has 0 bridgehead atoms. The van der Waals surface area contributed by atoms with Crippen LogP contribution in [0.15, 0.2) is 36.4 Å². The average Bonchev–Trinajstić information content (AvgIpc) is 3.12. The van der Waals surface area contributed by atoms with E-state index in [4.69, 9.17) is 9.47 Å². The number of amides is 1. The first-order valence-corrected chi connectivity index (χ1v) is 8.71. The molecule has 6 nitrogen and oxygen atoms in total. The molecule has 0 radical (unpaired) electrons. The lowest BCUT2D eigenvalue weighted by Crippen LogP contribution is -2.15. The second-order valence-electron chi connectivity index (χ2n) is 6.41. The minimum Gasteiger partial charge on any atom is -0.506 e. The highest BCUT2D eigenvalue weighted by molar-refractivity contribution is 5.95. The fourth-order valence-electron chi connectivity index (χ4n) is 3.13. The van der Waals surface area contributed by atoms with Gasteiger partial charge in [-0.05, 0) is 55.5 Å². The highest BCUT2D eigenvalue weighted by Gasteiger charge is 2.19. The minimum atomic E-state index is -0.348. The molecule has 2 aromatic rings. The number of anilines is 1. The monoisotopic (exact) mass is 357 g/mol. The van der Waals surface area contributed by atoms with E-state index in [0.29, 0.717) is 11.5 Å². The molecule has 138 valence electrons. The molecule has 0 atom stereocenters. The summed E-state index contributed by atoms with van der Waals surface area (Å²) in [4.78, 5) is 12.3. The van der Waals surface area contributed by atoms with Crippen LogP contribution in [0, 0.1) is 0 Å². The van der Waals surface area contributed by atoms with Crippen LogP contribution in [0.1, 0.15) is 31.2 Å². The third-order valence-electron chi connectivity index (χ3n) is 4.47. The van der Waals surface area contributed by atoms with E-state index in [-0.39, 0.29) is 35.6 Å². The summed E-state index contributed by atoms with van der Waals surface area (Å²) >= 11 is 0. The molecule has 6 heteroatoms.